The van der Waals surface area contributed by atoms with Crippen molar-refractivity contribution in [3.05, 3.63) is 65.6 Å². The summed E-state index contributed by atoms with van der Waals surface area (Å²) in [6.45, 7) is 0.298. The Morgan fingerprint density at radius 3 is 2.78 bits per heavy atom. The van der Waals surface area contributed by atoms with Crippen molar-refractivity contribution >= 4 is 6.29 Å². The molecule has 0 fully saturated rings. The van der Waals surface area contributed by atoms with Crippen LogP contribution in [0, 0.1) is 5.82 Å². The molecule has 5 nitrogen and oxygen atoms in total. The third-order valence-electron chi connectivity index (χ3n) is 3.46. The Labute approximate surface area is 132 Å². The quantitative estimate of drug-likeness (QED) is 0.680. The van der Waals surface area contributed by atoms with Crippen LogP contribution < -0.4 is 4.74 Å². The van der Waals surface area contributed by atoms with Gasteiger partial charge in [-0.3, -0.25) is 4.79 Å². The number of halogens is 1. The van der Waals surface area contributed by atoms with Gasteiger partial charge in [-0.2, -0.15) is 0 Å². The smallest absolute Gasteiger partial charge is 0.172 e. The maximum absolute atomic E-state index is 13.4. The third kappa shape index (κ3) is 2.96. The highest BCUT2D eigenvalue weighted by molar-refractivity contribution is 5.85. The fourth-order valence-corrected chi connectivity index (χ4v) is 2.44. The van der Waals surface area contributed by atoms with Crippen molar-refractivity contribution < 1.29 is 13.9 Å². The van der Waals surface area contributed by atoms with Crippen molar-refractivity contribution in [2.45, 2.75) is 6.54 Å². The van der Waals surface area contributed by atoms with E-state index in [9.17, 15) is 9.18 Å². The van der Waals surface area contributed by atoms with E-state index in [-0.39, 0.29) is 11.5 Å². The Hall–Kier alpha value is -3.02. The lowest BCUT2D eigenvalue weighted by atomic mass is 10.1. The molecule has 0 atom stereocenters. The summed E-state index contributed by atoms with van der Waals surface area (Å²) in [5.41, 5.74) is 2.19. The molecule has 3 rings (SSSR count). The van der Waals surface area contributed by atoms with Gasteiger partial charge in [-0.1, -0.05) is 29.5 Å². The summed E-state index contributed by atoms with van der Waals surface area (Å²) < 4.78 is 20.3. The van der Waals surface area contributed by atoms with Crippen LogP contribution >= 0.6 is 0 Å². The number of hydrogen-bond donors (Lipinski definition) is 0. The Kier molecular flexibility index (Phi) is 4.14. The number of methoxy groups -OCH3 is 1. The van der Waals surface area contributed by atoms with Crippen LogP contribution in [0.1, 0.15) is 16.1 Å². The molecule has 0 saturated carbocycles. The van der Waals surface area contributed by atoms with E-state index in [4.69, 9.17) is 4.74 Å². The third-order valence-corrected chi connectivity index (χ3v) is 3.46. The van der Waals surface area contributed by atoms with Gasteiger partial charge in [0.25, 0.3) is 0 Å². The van der Waals surface area contributed by atoms with Gasteiger partial charge in [0.15, 0.2) is 12.0 Å². The molecule has 0 bridgehead atoms. The summed E-state index contributed by atoms with van der Waals surface area (Å²) in [7, 11) is 1.56. The van der Waals surface area contributed by atoms with Crippen LogP contribution in [0.5, 0.6) is 5.75 Å². The molecule has 0 unspecified atom stereocenters. The second-order valence-electron chi connectivity index (χ2n) is 4.93. The summed E-state index contributed by atoms with van der Waals surface area (Å²) >= 11 is 0. The number of hydrogen-bond acceptors (Lipinski definition) is 4. The average Bonchev–Trinajstić information content (AvgIpc) is 2.97. The molecule has 1 aromatic heterocycles. The van der Waals surface area contributed by atoms with Crippen LogP contribution in [0.15, 0.2) is 48.5 Å². The number of aromatic nitrogens is 3. The highest BCUT2D eigenvalue weighted by atomic mass is 19.1. The van der Waals surface area contributed by atoms with Gasteiger partial charge in [-0.15, -0.1) is 5.10 Å². The summed E-state index contributed by atoms with van der Waals surface area (Å²) in [6, 6.07) is 13.5. The summed E-state index contributed by atoms with van der Waals surface area (Å²) in [5.74, 6) is 0.287. The number of carbonyl (C=O) groups excluding carboxylic acids is 1. The van der Waals surface area contributed by atoms with E-state index in [0.717, 1.165) is 5.56 Å². The normalized spacial score (nSPS) is 10.5. The van der Waals surface area contributed by atoms with Gasteiger partial charge in [0.1, 0.15) is 17.3 Å². The van der Waals surface area contributed by atoms with Crippen LogP contribution in [0.4, 0.5) is 4.39 Å². The lowest BCUT2D eigenvalue weighted by Crippen LogP contribution is -2.05. The second-order valence-corrected chi connectivity index (χ2v) is 4.93. The van der Waals surface area contributed by atoms with Gasteiger partial charge in [-0.25, -0.2) is 9.07 Å². The molecular weight excluding hydrogens is 297 g/mol. The lowest BCUT2D eigenvalue weighted by Gasteiger charge is -2.11. The first-order valence-electron chi connectivity index (χ1n) is 6.99. The Morgan fingerprint density at radius 1 is 1.22 bits per heavy atom. The summed E-state index contributed by atoms with van der Waals surface area (Å²) in [4.78, 5) is 11.3. The number of ether oxygens (including phenoxy) is 1. The largest absolute Gasteiger partial charge is 0.496 e. The van der Waals surface area contributed by atoms with Gasteiger partial charge in [-0.05, 0) is 29.8 Å². The lowest BCUT2D eigenvalue weighted by molar-refractivity contribution is 0.111. The van der Waals surface area contributed by atoms with Crippen molar-refractivity contribution in [3.8, 4) is 17.0 Å². The van der Waals surface area contributed by atoms with Crippen LogP contribution in [0.3, 0.4) is 0 Å². The van der Waals surface area contributed by atoms with Crippen LogP contribution in [-0.2, 0) is 6.54 Å². The molecule has 6 heteroatoms. The Morgan fingerprint density at radius 2 is 2.04 bits per heavy atom. The van der Waals surface area contributed by atoms with E-state index in [1.54, 1.807) is 30.0 Å². The summed E-state index contributed by atoms with van der Waals surface area (Å²) in [6.07, 6.45) is 0.650. The first-order chi connectivity index (χ1) is 11.2. The highest BCUT2D eigenvalue weighted by Gasteiger charge is 2.18. The molecule has 2 aromatic carbocycles. The monoisotopic (exact) mass is 311 g/mol. The topological polar surface area (TPSA) is 57.0 Å². The number of carbonyl (C=O) groups is 1. The van der Waals surface area contributed by atoms with E-state index in [2.05, 4.69) is 10.3 Å². The van der Waals surface area contributed by atoms with Crippen LogP contribution in [0.25, 0.3) is 11.3 Å². The number of para-hydroxylation sites is 1. The van der Waals surface area contributed by atoms with E-state index < -0.39 is 0 Å². The zero-order chi connectivity index (χ0) is 16.2. The van der Waals surface area contributed by atoms with E-state index in [1.807, 2.05) is 18.2 Å². The molecule has 0 radical (unpaired) electrons. The minimum Gasteiger partial charge on any atom is -0.496 e. The zero-order valence-electron chi connectivity index (χ0n) is 12.4. The molecule has 0 N–H and O–H groups in total. The maximum atomic E-state index is 13.4. The first kappa shape index (κ1) is 14.9. The minimum atomic E-state index is -0.322. The van der Waals surface area contributed by atoms with E-state index in [1.165, 1.54) is 12.1 Å². The average molecular weight is 311 g/mol. The molecule has 116 valence electrons. The van der Waals surface area contributed by atoms with E-state index in [0.29, 0.717) is 29.8 Å². The number of benzene rings is 2. The Bertz CT molecular complexity index is 845. The predicted octanol–water partition coefficient (Wildman–Crippen LogP) is 2.95. The van der Waals surface area contributed by atoms with Gasteiger partial charge >= 0.3 is 0 Å². The fourth-order valence-electron chi connectivity index (χ4n) is 2.44. The molecule has 23 heavy (non-hydrogen) atoms. The van der Waals surface area contributed by atoms with Crippen molar-refractivity contribution in [2.75, 3.05) is 7.11 Å². The minimum absolute atomic E-state index is 0.214. The fraction of sp³-hybridized carbons (Fsp3) is 0.118. The number of rotatable bonds is 5. The van der Waals surface area contributed by atoms with Crippen molar-refractivity contribution in [2.24, 2.45) is 0 Å². The highest BCUT2D eigenvalue weighted by Crippen LogP contribution is 2.31. The molecular formula is C17H14FN3O2. The predicted molar refractivity (Wildman–Crippen MR) is 82.9 cm³/mol. The Balaban J connectivity index is 2.09. The molecule has 0 aliphatic rings. The van der Waals surface area contributed by atoms with Crippen molar-refractivity contribution in [1.82, 2.24) is 15.0 Å². The zero-order valence-corrected chi connectivity index (χ0v) is 12.4. The standard InChI is InChI=1S/C17H14FN3O2/c1-23-16-8-3-2-7-14(16)17-15(11-22)19-20-21(17)10-12-5-4-6-13(18)9-12/h2-9,11H,10H2,1H3. The number of nitrogens with zero attached hydrogens (tertiary/aromatic N) is 3. The molecule has 3 aromatic rings. The second kappa shape index (κ2) is 6.39. The van der Waals surface area contributed by atoms with Gasteiger partial charge < -0.3 is 4.74 Å². The van der Waals surface area contributed by atoms with Crippen molar-refractivity contribution in [1.29, 1.82) is 0 Å². The van der Waals surface area contributed by atoms with Gasteiger partial charge in [0, 0.05) is 5.56 Å². The molecule has 0 aliphatic heterocycles. The molecule has 0 aliphatic carbocycles. The summed E-state index contributed by atoms with van der Waals surface area (Å²) in [5, 5.41) is 7.92. The number of aldehydes is 1. The van der Waals surface area contributed by atoms with Gasteiger partial charge in [0.05, 0.1) is 13.7 Å². The molecule has 0 saturated heterocycles. The molecule has 0 spiro atoms. The van der Waals surface area contributed by atoms with E-state index >= 15 is 0 Å². The van der Waals surface area contributed by atoms with Crippen LogP contribution in [-0.4, -0.2) is 28.4 Å². The first-order valence-corrected chi connectivity index (χ1v) is 6.99. The van der Waals surface area contributed by atoms with Gasteiger partial charge in [0.2, 0.25) is 0 Å². The SMILES string of the molecule is COc1ccccc1-c1c(C=O)nnn1Cc1cccc(F)c1. The maximum Gasteiger partial charge on any atom is 0.172 e. The van der Waals surface area contributed by atoms with Crippen LogP contribution in [0.2, 0.25) is 0 Å². The molecule has 0 amide bonds. The van der Waals surface area contributed by atoms with Crippen molar-refractivity contribution in [3.63, 3.8) is 0 Å². The molecule has 1 heterocycles.